The molecule has 0 aliphatic heterocycles. The largest absolute Gasteiger partial charge is 0.335 e. The van der Waals surface area contributed by atoms with E-state index in [9.17, 15) is 9.59 Å². The number of nitrogens with zero attached hydrogens (tertiary/aromatic N) is 2. The standard InChI is InChI=1S/C24H28ClN3O2/c1-5-28(15-21-26-20-14-18(25)11-12-19(20)23(30)27-21)22(29)13-8-16-6-9-17(10-7-16)24(2,3)4/h6-7,9-12,14H,5,8,13,15H2,1-4H3,(H,26,27,30). The van der Waals surface area contributed by atoms with Crippen LogP contribution in [-0.4, -0.2) is 27.3 Å². The molecule has 0 bridgehead atoms. The molecule has 5 nitrogen and oxygen atoms in total. The molecule has 3 aromatic rings. The molecule has 0 unspecified atom stereocenters. The molecular weight excluding hydrogens is 398 g/mol. The Morgan fingerprint density at radius 1 is 1.13 bits per heavy atom. The Balaban J connectivity index is 1.68. The maximum absolute atomic E-state index is 12.8. The molecule has 1 N–H and O–H groups in total. The highest BCUT2D eigenvalue weighted by Gasteiger charge is 2.16. The molecule has 0 saturated heterocycles. The van der Waals surface area contributed by atoms with Crippen molar-refractivity contribution < 1.29 is 4.79 Å². The third-order valence-corrected chi connectivity index (χ3v) is 5.48. The van der Waals surface area contributed by atoms with Crippen molar-refractivity contribution in [1.29, 1.82) is 0 Å². The summed E-state index contributed by atoms with van der Waals surface area (Å²) in [5, 5.41) is 1.00. The molecule has 1 aromatic heterocycles. The molecule has 3 rings (SSSR count). The third-order valence-electron chi connectivity index (χ3n) is 5.24. The van der Waals surface area contributed by atoms with Gasteiger partial charge in [-0.25, -0.2) is 4.98 Å². The van der Waals surface area contributed by atoms with Crippen LogP contribution in [-0.2, 0) is 23.2 Å². The molecule has 1 amide bonds. The van der Waals surface area contributed by atoms with Crippen LogP contribution in [0.5, 0.6) is 0 Å². The van der Waals surface area contributed by atoms with E-state index in [0.717, 1.165) is 5.56 Å². The van der Waals surface area contributed by atoms with Gasteiger partial charge in [-0.1, -0.05) is 56.6 Å². The van der Waals surface area contributed by atoms with Crippen molar-refractivity contribution in [3.05, 3.63) is 74.8 Å². The number of aromatic amines is 1. The van der Waals surface area contributed by atoms with E-state index in [1.54, 1.807) is 23.1 Å². The van der Waals surface area contributed by atoms with Gasteiger partial charge in [0.15, 0.2) is 0 Å². The molecule has 0 atom stereocenters. The van der Waals surface area contributed by atoms with E-state index >= 15 is 0 Å². The molecule has 0 radical (unpaired) electrons. The molecular formula is C24H28ClN3O2. The quantitative estimate of drug-likeness (QED) is 0.613. The van der Waals surface area contributed by atoms with Gasteiger partial charge >= 0.3 is 0 Å². The van der Waals surface area contributed by atoms with Crippen LogP contribution in [0.25, 0.3) is 10.9 Å². The second kappa shape index (κ2) is 9.00. The number of hydrogen-bond acceptors (Lipinski definition) is 3. The summed E-state index contributed by atoms with van der Waals surface area (Å²) in [6.07, 6.45) is 1.09. The van der Waals surface area contributed by atoms with Crippen molar-refractivity contribution in [3.63, 3.8) is 0 Å². The van der Waals surface area contributed by atoms with Crippen molar-refractivity contribution in [2.75, 3.05) is 6.54 Å². The van der Waals surface area contributed by atoms with Gasteiger partial charge in [0.2, 0.25) is 5.91 Å². The average Bonchev–Trinajstić information content (AvgIpc) is 2.69. The normalized spacial score (nSPS) is 11.6. The van der Waals surface area contributed by atoms with Gasteiger partial charge in [0, 0.05) is 18.0 Å². The maximum Gasteiger partial charge on any atom is 0.258 e. The van der Waals surface area contributed by atoms with Crippen LogP contribution in [0.2, 0.25) is 5.02 Å². The first-order chi connectivity index (χ1) is 14.2. The molecule has 6 heteroatoms. The topological polar surface area (TPSA) is 66.1 Å². The summed E-state index contributed by atoms with van der Waals surface area (Å²) >= 11 is 6.02. The first-order valence-corrected chi connectivity index (χ1v) is 10.6. The minimum atomic E-state index is -0.228. The summed E-state index contributed by atoms with van der Waals surface area (Å²) in [6.45, 7) is 9.28. The van der Waals surface area contributed by atoms with Crippen LogP contribution < -0.4 is 5.56 Å². The lowest BCUT2D eigenvalue weighted by atomic mass is 9.86. The van der Waals surface area contributed by atoms with Crippen LogP contribution in [0.15, 0.2) is 47.3 Å². The summed E-state index contributed by atoms with van der Waals surface area (Å²) in [5.41, 5.74) is 2.83. The van der Waals surface area contributed by atoms with E-state index in [1.165, 1.54) is 5.56 Å². The predicted octanol–water partition coefficient (Wildman–Crippen LogP) is 4.86. The minimum absolute atomic E-state index is 0.0336. The number of aryl methyl sites for hydroxylation is 1. The van der Waals surface area contributed by atoms with Gasteiger partial charge in [-0.2, -0.15) is 0 Å². The van der Waals surface area contributed by atoms with E-state index in [2.05, 4.69) is 55.0 Å². The van der Waals surface area contributed by atoms with E-state index in [4.69, 9.17) is 11.6 Å². The number of hydrogen-bond donors (Lipinski definition) is 1. The van der Waals surface area contributed by atoms with Gasteiger partial charge < -0.3 is 9.88 Å². The SMILES string of the molecule is CCN(Cc1nc2cc(Cl)ccc2c(=O)[nH]1)C(=O)CCc1ccc(C(C)(C)C)cc1. The summed E-state index contributed by atoms with van der Waals surface area (Å²) < 4.78 is 0. The number of amides is 1. The van der Waals surface area contributed by atoms with Crippen molar-refractivity contribution in [2.45, 2.75) is 52.5 Å². The van der Waals surface area contributed by atoms with Crippen molar-refractivity contribution in [2.24, 2.45) is 0 Å². The number of aromatic nitrogens is 2. The summed E-state index contributed by atoms with van der Waals surface area (Å²) in [6, 6.07) is 13.4. The average molecular weight is 426 g/mol. The van der Waals surface area contributed by atoms with Gasteiger partial charge in [0.1, 0.15) is 5.82 Å². The fourth-order valence-electron chi connectivity index (χ4n) is 3.37. The molecule has 158 valence electrons. The third kappa shape index (κ3) is 5.28. The number of nitrogens with one attached hydrogen (secondary N) is 1. The molecule has 0 aliphatic carbocycles. The number of H-pyrrole nitrogens is 1. The van der Waals surface area contributed by atoms with Crippen LogP contribution in [0, 0.1) is 0 Å². The fourth-order valence-corrected chi connectivity index (χ4v) is 3.54. The molecule has 2 aromatic carbocycles. The zero-order chi connectivity index (χ0) is 21.9. The summed E-state index contributed by atoms with van der Waals surface area (Å²) in [4.78, 5) is 34.1. The molecule has 1 heterocycles. The predicted molar refractivity (Wildman–Crippen MR) is 122 cm³/mol. The van der Waals surface area contributed by atoms with E-state index in [0.29, 0.717) is 41.1 Å². The molecule has 30 heavy (non-hydrogen) atoms. The van der Waals surface area contributed by atoms with Crippen LogP contribution in [0.1, 0.15) is 51.1 Å². The number of carbonyl (C=O) groups is 1. The summed E-state index contributed by atoms with van der Waals surface area (Å²) in [7, 11) is 0. The zero-order valence-electron chi connectivity index (χ0n) is 18.0. The van der Waals surface area contributed by atoms with Crippen LogP contribution >= 0.6 is 11.6 Å². The number of benzene rings is 2. The highest BCUT2D eigenvalue weighted by atomic mass is 35.5. The van der Waals surface area contributed by atoms with Crippen molar-refractivity contribution in [1.82, 2.24) is 14.9 Å². The van der Waals surface area contributed by atoms with E-state index < -0.39 is 0 Å². The number of halogens is 1. The van der Waals surface area contributed by atoms with Gasteiger partial charge in [0.25, 0.3) is 5.56 Å². The Kier molecular flexibility index (Phi) is 6.61. The van der Waals surface area contributed by atoms with Crippen molar-refractivity contribution in [3.8, 4) is 0 Å². The number of carbonyl (C=O) groups excluding carboxylic acids is 1. The lowest BCUT2D eigenvalue weighted by molar-refractivity contribution is -0.131. The second-order valence-electron chi connectivity index (χ2n) is 8.53. The summed E-state index contributed by atoms with van der Waals surface area (Å²) in [5.74, 6) is 0.491. The fraction of sp³-hybridized carbons (Fsp3) is 0.375. The Morgan fingerprint density at radius 2 is 1.83 bits per heavy atom. The smallest absolute Gasteiger partial charge is 0.258 e. The molecule has 0 fully saturated rings. The molecule has 0 aliphatic rings. The van der Waals surface area contributed by atoms with Crippen LogP contribution in [0.4, 0.5) is 0 Å². The van der Waals surface area contributed by atoms with Gasteiger partial charge in [-0.15, -0.1) is 0 Å². The Hall–Kier alpha value is -2.66. The van der Waals surface area contributed by atoms with Gasteiger partial charge in [-0.05, 0) is 48.1 Å². The number of fused-ring (bicyclic) bond motifs is 1. The van der Waals surface area contributed by atoms with Gasteiger partial charge in [0.05, 0.1) is 17.4 Å². The molecule has 0 saturated carbocycles. The first-order valence-electron chi connectivity index (χ1n) is 10.2. The lowest BCUT2D eigenvalue weighted by Crippen LogP contribution is -2.32. The molecule has 0 spiro atoms. The Bertz CT molecular complexity index is 1100. The van der Waals surface area contributed by atoms with Gasteiger partial charge in [-0.3, -0.25) is 9.59 Å². The maximum atomic E-state index is 12.8. The first kappa shape index (κ1) is 22.0. The highest BCUT2D eigenvalue weighted by molar-refractivity contribution is 6.31. The Labute approximate surface area is 182 Å². The Morgan fingerprint density at radius 3 is 2.47 bits per heavy atom. The van der Waals surface area contributed by atoms with E-state index in [1.807, 2.05) is 6.92 Å². The number of rotatable bonds is 6. The second-order valence-corrected chi connectivity index (χ2v) is 8.97. The monoisotopic (exact) mass is 425 g/mol. The highest BCUT2D eigenvalue weighted by Crippen LogP contribution is 2.22. The van der Waals surface area contributed by atoms with Crippen LogP contribution in [0.3, 0.4) is 0 Å². The van der Waals surface area contributed by atoms with Crippen molar-refractivity contribution >= 4 is 28.4 Å². The minimum Gasteiger partial charge on any atom is -0.335 e. The lowest BCUT2D eigenvalue weighted by Gasteiger charge is -2.21. The zero-order valence-corrected chi connectivity index (χ0v) is 18.7. The van der Waals surface area contributed by atoms with E-state index in [-0.39, 0.29) is 23.4 Å².